The molecule has 1 atom stereocenters. The fourth-order valence-electron chi connectivity index (χ4n) is 4.37. The van der Waals surface area contributed by atoms with E-state index >= 15 is 0 Å². The van der Waals surface area contributed by atoms with Crippen molar-refractivity contribution in [1.82, 2.24) is 4.90 Å². The van der Waals surface area contributed by atoms with Gasteiger partial charge < -0.3 is 4.90 Å². The van der Waals surface area contributed by atoms with Crippen molar-refractivity contribution in [3.05, 3.63) is 108 Å². The number of carbonyl (C=O) groups excluding carboxylic acids is 3. The summed E-state index contributed by atoms with van der Waals surface area (Å²) in [6.07, 6.45) is 6.29. The van der Waals surface area contributed by atoms with E-state index in [1.807, 2.05) is 42.5 Å². The van der Waals surface area contributed by atoms with Gasteiger partial charge in [-0.25, -0.2) is 0 Å². The molecule has 2 aliphatic rings. The monoisotopic (exact) mass is 393 g/mol. The second-order valence-electron chi connectivity index (χ2n) is 7.73. The number of nitrogens with zero attached hydrogens (tertiary/aromatic N) is 1. The summed E-state index contributed by atoms with van der Waals surface area (Å²) < 4.78 is 0. The molecular formula is C26H19NO3. The van der Waals surface area contributed by atoms with Crippen LogP contribution >= 0.6 is 0 Å². The van der Waals surface area contributed by atoms with Crippen LogP contribution in [0.5, 0.6) is 0 Å². The lowest BCUT2D eigenvalue weighted by atomic mass is 9.67. The normalized spacial score (nSPS) is 19.3. The summed E-state index contributed by atoms with van der Waals surface area (Å²) in [5.41, 5.74) is 0.564. The minimum absolute atomic E-state index is 0.142. The van der Waals surface area contributed by atoms with Crippen LogP contribution in [-0.4, -0.2) is 27.9 Å². The molecule has 1 spiro atoms. The van der Waals surface area contributed by atoms with Gasteiger partial charge in [-0.15, -0.1) is 0 Å². The molecule has 1 fully saturated rings. The van der Waals surface area contributed by atoms with Gasteiger partial charge in [0.25, 0.3) is 0 Å². The highest BCUT2D eigenvalue weighted by atomic mass is 16.2. The molecule has 0 aromatic heterocycles. The lowest BCUT2D eigenvalue weighted by molar-refractivity contribution is -0.157. The van der Waals surface area contributed by atoms with Crippen molar-refractivity contribution in [2.24, 2.45) is 5.92 Å². The number of Topliss-reactive ketones (excluding diaryl/α,β-unsaturated/α-hetero) is 1. The molecular weight excluding hydrogens is 374 g/mol. The maximum atomic E-state index is 13.2. The van der Waals surface area contributed by atoms with E-state index in [0.29, 0.717) is 12.1 Å². The summed E-state index contributed by atoms with van der Waals surface area (Å²) in [6, 6.07) is 23.0. The molecule has 30 heavy (non-hydrogen) atoms. The van der Waals surface area contributed by atoms with E-state index in [1.54, 1.807) is 41.3 Å². The van der Waals surface area contributed by atoms with Gasteiger partial charge >= 0.3 is 0 Å². The molecule has 1 aliphatic carbocycles. The summed E-state index contributed by atoms with van der Waals surface area (Å²) >= 11 is 0. The van der Waals surface area contributed by atoms with Gasteiger partial charge in [-0.3, -0.25) is 14.4 Å². The molecule has 1 aliphatic heterocycles. The fraction of sp³-hybridized carbons (Fsp3) is 0.115. The van der Waals surface area contributed by atoms with E-state index in [0.717, 1.165) is 16.3 Å². The zero-order chi connectivity index (χ0) is 20.7. The fourth-order valence-corrected chi connectivity index (χ4v) is 4.37. The van der Waals surface area contributed by atoms with Crippen LogP contribution in [-0.2, 0) is 16.1 Å². The second kappa shape index (κ2) is 6.92. The quantitative estimate of drug-likeness (QED) is 0.381. The number of hydrogen-bond acceptors (Lipinski definition) is 3. The van der Waals surface area contributed by atoms with E-state index in [4.69, 9.17) is 0 Å². The van der Waals surface area contributed by atoms with Gasteiger partial charge in [0, 0.05) is 12.1 Å². The number of rotatable bonds is 4. The summed E-state index contributed by atoms with van der Waals surface area (Å²) in [5, 5.41) is 2.23. The SMILES string of the molecule is O=C1C=CC2(C=C1)[C@@H](C(=O)c1ccccc1)C(=O)N2Cc1ccc2ccccc2c1. The van der Waals surface area contributed by atoms with Crippen molar-refractivity contribution < 1.29 is 14.4 Å². The number of ketones is 2. The summed E-state index contributed by atoms with van der Waals surface area (Å²) in [5.74, 6) is -1.45. The third-order valence-electron chi connectivity index (χ3n) is 5.95. The third-order valence-corrected chi connectivity index (χ3v) is 5.95. The van der Waals surface area contributed by atoms with Gasteiger partial charge in [0.2, 0.25) is 5.91 Å². The Bertz CT molecular complexity index is 1220. The Morgan fingerprint density at radius 2 is 1.50 bits per heavy atom. The predicted octanol–water partition coefficient (Wildman–Crippen LogP) is 4.12. The molecule has 0 unspecified atom stereocenters. The van der Waals surface area contributed by atoms with Gasteiger partial charge in [-0.05, 0) is 46.7 Å². The highest BCUT2D eigenvalue weighted by Gasteiger charge is 2.60. The van der Waals surface area contributed by atoms with Crippen LogP contribution < -0.4 is 0 Å². The van der Waals surface area contributed by atoms with Crippen molar-refractivity contribution >= 4 is 28.2 Å². The van der Waals surface area contributed by atoms with Crippen LogP contribution in [0, 0.1) is 5.92 Å². The molecule has 4 heteroatoms. The zero-order valence-corrected chi connectivity index (χ0v) is 16.2. The van der Waals surface area contributed by atoms with Crippen LogP contribution in [0.25, 0.3) is 10.8 Å². The van der Waals surface area contributed by atoms with Crippen LogP contribution in [0.3, 0.4) is 0 Å². The number of amides is 1. The summed E-state index contributed by atoms with van der Waals surface area (Å²) in [6.45, 7) is 0.366. The second-order valence-corrected chi connectivity index (χ2v) is 7.73. The van der Waals surface area contributed by atoms with E-state index in [-0.39, 0.29) is 17.5 Å². The number of allylic oxidation sites excluding steroid dienone is 2. The number of likely N-dealkylation sites (tertiary alicyclic amines) is 1. The number of β-lactam (4-membered cyclic amide) rings is 1. The van der Waals surface area contributed by atoms with Crippen molar-refractivity contribution in [3.63, 3.8) is 0 Å². The van der Waals surface area contributed by atoms with Crippen LogP contribution in [0.15, 0.2) is 97.1 Å². The van der Waals surface area contributed by atoms with E-state index in [2.05, 4.69) is 6.07 Å². The Kier molecular flexibility index (Phi) is 4.21. The Morgan fingerprint density at radius 1 is 0.833 bits per heavy atom. The molecule has 0 radical (unpaired) electrons. The van der Waals surface area contributed by atoms with Crippen molar-refractivity contribution in [3.8, 4) is 0 Å². The zero-order valence-electron chi connectivity index (χ0n) is 16.2. The van der Waals surface area contributed by atoms with E-state index in [1.165, 1.54) is 12.2 Å². The predicted molar refractivity (Wildman–Crippen MR) is 115 cm³/mol. The van der Waals surface area contributed by atoms with Crippen LogP contribution in [0.2, 0.25) is 0 Å². The molecule has 0 saturated carbocycles. The van der Waals surface area contributed by atoms with Gasteiger partial charge in [-0.1, -0.05) is 66.7 Å². The average molecular weight is 393 g/mol. The lowest BCUT2D eigenvalue weighted by Gasteiger charge is -2.54. The average Bonchev–Trinajstić information content (AvgIpc) is 2.79. The Morgan fingerprint density at radius 3 is 2.23 bits per heavy atom. The Hall–Kier alpha value is -3.79. The van der Waals surface area contributed by atoms with Gasteiger partial charge in [-0.2, -0.15) is 0 Å². The first-order valence-electron chi connectivity index (χ1n) is 9.89. The maximum Gasteiger partial charge on any atom is 0.237 e. The number of fused-ring (bicyclic) bond motifs is 1. The molecule has 0 bridgehead atoms. The smallest absolute Gasteiger partial charge is 0.237 e. The molecule has 1 amide bonds. The molecule has 3 aromatic rings. The topological polar surface area (TPSA) is 54.5 Å². The Balaban J connectivity index is 1.51. The first-order chi connectivity index (χ1) is 14.6. The maximum absolute atomic E-state index is 13.2. The van der Waals surface area contributed by atoms with E-state index in [9.17, 15) is 14.4 Å². The van der Waals surface area contributed by atoms with Gasteiger partial charge in [0.1, 0.15) is 5.92 Å². The highest BCUT2D eigenvalue weighted by Crippen LogP contribution is 2.44. The lowest BCUT2D eigenvalue weighted by Crippen LogP contribution is -2.71. The van der Waals surface area contributed by atoms with Gasteiger partial charge in [0.15, 0.2) is 11.6 Å². The van der Waals surface area contributed by atoms with Crippen molar-refractivity contribution in [2.75, 3.05) is 0 Å². The Labute approximate surface area is 174 Å². The molecule has 4 nitrogen and oxygen atoms in total. The summed E-state index contributed by atoms with van der Waals surface area (Å²) in [7, 11) is 0. The molecule has 1 heterocycles. The largest absolute Gasteiger partial charge is 0.324 e. The van der Waals surface area contributed by atoms with Crippen molar-refractivity contribution in [1.29, 1.82) is 0 Å². The standard InChI is InChI=1S/C26H19NO3/c28-22-12-14-26(15-13-22)23(24(29)20-7-2-1-3-8-20)25(30)27(26)17-18-10-11-19-6-4-5-9-21(19)16-18/h1-16,23H,17H2/t23-/m0/s1. The van der Waals surface area contributed by atoms with Gasteiger partial charge in [0.05, 0.1) is 5.54 Å². The van der Waals surface area contributed by atoms with Crippen molar-refractivity contribution in [2.45, 2.75) is 12.1 Å². The molecule has 3 aromatic carbocycles. The minimum Gasteiger partial charge on any atom is -0.324 e. The summed E-state index contributed by atoms with van der Waals surface area (Å²) in [4.78, 5) is 39.8. The highest BCUT2D eigenvalue weighted by molar-refractivity contribution is 6.16. The molecule has 5 rings (SSSR count). The molecule has 146 valence electrons. The molecule has 0 N–H and O–H groups in total. The number of benzene rings is 3. The van der Waals surface area contributed by atoms with Crippen LogP contribution in [0.4, 0.5) is 0 Å². The number of carbonyl (C=O) groups is 3. The minimum atomic E-state index is -0.913. The number of hydrogen-bond donors (Lipinski definition) is 0. The molecule has 1 saturated heterocycles. The first kappa shape index (κ1) is 18.3. The van der Waals surface area contributed by atoms with Crippen LogP contribution in [0.1, 0.15) is 15.9 Å². The first-order valence-corrected chi connectivity index (χ1v) is 9.89. The van der Waals surface area contributed by atoms with E-state index < -0.39 is 11.5 Å². The third kappa shape index (κ3) is 2.80.